The first-order valence-corrected chi connectivity index (χ1v) is 13.6. The zero-order chi connectivity index (χ0) is 36.4. The fraction of sp³-hybridized carbons (Fsp3) is 0. The van der Waals surface area contributed by atoms with Crippen LogP contribution in [0, 0.1) is 0 Å². The molecule has 8 rings (SSSR count). The molecule has 4 heteroatoms. The van der Waals surface area contributed by atoms with Gasteiger partial charge < -0.3 is 0 Å². The molecule has 0 N–H and O–H groups in total. The van der Waals surface area contributed by atoms with Crippen molar-refractivity contribution in [1.29, 1.82) is 0 Å². The van der Waals surface area contributed by atoms with Crippen molar-refractivity contribution in [1.82, 2.24) is 19.5 Å². The minimum Gasteiger partial charge on any atom is -0.278 e. The van der Waals surface area contributed by atoms with Crippen LogP contribution in [0.3, 0.4) is 0 Å². The predicted octanol–water partition coefficient (Wildman–Crippen LogP) is 9.64. The normalized spacial score (nSPS) is 14.2. The predicted molar refractivity (Wildman–Crippen MR) is 176 cm³/mol. The van der Waals surface area contributed by atoms with E-state index >= 15 is 0 Å². The van der Waals surface area contributed by atoms with E-state index in [0.717, 1.165) is 11.1 Å². The lowest BCUT2D eigenvalue weighted by Crippen LogP contribution is -2.06. The summed E-state index contributed by atoms with van der Waals surface area (Å²) in [6.07, 6.45) is 0. The summed E-state index contributed by atoms with van der Waals surface area (Å²) in [6, 6.07) is 28.1. The summed E-state index contributed by atoms with van der Waals surface area (Å²) in [6.45, 7) is 0. The van der Waals surface area contributed by atoms with Crippen molar-refractivity contribution in [2.24, 2.45) is 0 Å². The van der Waals surface area contributed by atoms with Gasteiger partial charge in [0, 0.05) is 21.9 Å². The molecule has 4 nitrogen and oxygen atoms in total. The fourth-order valence-electron chi connectivity index (χ4n) is 5.23. The lowest BCUT2D eigenvalue weighted by Gasteiger charge is -2.12. The van der Waals surface area contributed by atoms with E-state index in [-0.39, 0.29) is 52.1 Å². The molecular formula is C39H26N4. The quantitative estimate of drug-likeness (QED) is 0.211. The molecule has 8 aromatic rings. The maximum absolute atomic E-state index is 9.04. The molecule has 0 aliphatic heterocycles. The van der Waals surface area contributed by atoms with Crippen molar-refractivity contribution in [3.05, 3.63) is 158 Å². The highest BCUT2D eigenvalue weighted by molar-refractivity contribution is 6.10. The van der Waals surface area contributed by atoms with Gasteiger partial charge in [0.15, 0.2) is 11.6 Å². The SMILES string of the molecule is [2H]c1c([2H])c([2H])c(-c2ccc3c4c([2H])c([2H])c([2H])c([2H])c4n(-c4nc(-c5ccccc5)nc(-c5ccc(-c6ccccc6)cc5)n4)c3c2)c([2H])c1[2H]. The average molecular weight is 560 g/mol. The molecule has 0 amide bonds. The monoisotopic (exact) mass is 559 g/mol. The van der Waals surface area contributed by atoms with Gasteiger partial charge in [0.2, 0.25) is 5.95 Å². The summed E-state index contributed by atoms with van der Waals surface area (Å²) < 4.78 is 78.4. The van der Waals surface area contributed by atoms with Gasteiger partial charge in [-0.05, 0) is 34.4 Å². The Morgan fingerprint density at radius 2 is 0.977 bits per heavy atom. The number of benzene rings is 6. The van der Waals surface area contributed by atoms with Crippen molar-refractivity contribution in [3.63, 3.8) is 0 Å². The van der Waals surface area contributed by atoms with Crippen LogP contribution in [0.5, 0.6) is 0 Å². The van der Waals surface area contributed by atoms with Crippen molar-refractivity contribution in [2.75, 3.05) is 0 Å². The third-order valence-corrected chi connectivity index (χ3v) is 7.29. The van der Waals surface area contributed by atoms with Crippen LogP contribution < -0.4 is 0 Å². The molecule has 2 heterocycles. The first kappa shape index (κ1) is 17.2. The van der Waals surface area contributed by atoms with Gasteiger partial charge in [-0.25, -0.2) is 4.98 Å². The topological polar surface area (TPSA) is 43.6 Å². The van der Waals surface area contributed by atoms with E-state index in [1.54, 1.807) is 18.2 Å². The minimum atomic E-state index is -0.513. The summed E-state index contributed by atoms with van der Waals surface area (Å²) in [5.41, 5.74) is 4.16. The van der Waals surface area contributed by atoms with Crippen molar-refractivity contribution >= 4 is 21.8 Å². The molecule has 0 aliphatic rings. The Balaban J connectivity index is 1.45. The van der Waals surface area contributed by atoms with Gasteiger partial charge in [0.25, 0.3) is 0 Å². The van der Waals surface area contributed by atoms with Crippen LogP contribution in [0.1, 0.15) is 12.3 Å². The van der Waals surface area contributed by atoms with E-state index in [9.17, 15) is 0 Å². The molecule has 2 aromatic heterocycles. The first-order valence-electron chi connectivity index (χ1n) is 18.1. The minimum absolute atomic E-state index is 0.0240. The van der Waals surface area contributed by atoms with Crippen LogP contribution in [0.15, 0.2) is 158 Å². The van der Waals surface area contributed by atoms with Crippen molar-refractivity contribution in [3.8, 4) is 51.0 Å². The van der Waals surface area contributed by atoms with Gasteiger partial charge in [0.1, 0.15) is 0 Å². The highest BCUT2D eigenvalue weighted by Crippen LogP contribution is 2.35. The third kappa shape index (κ3) is 4.55. The molecule has 0 spiro atoms. The molecule has 0 unspecified atom stereocenters. The largest absolute Gasteiger partial charge is 0.278 e. The molecule has 0 radical (unpaired) electrons. The molecular weight excluding hydrogens is 524 g/mol. The number of para-hydroxylation sites is 1. The van der Waals surface area contributed by atoms with Gasteiger partial charge in [-0.1, -0.05) is 145 Å². The lowest BCUT2D eigenvalue weighted by atomic mass is 10.0. The maximum Gasteiger partial charge on any atom is 0.238 e. The van der Waals surface area contributed by atoms with Crippen LogP contribution in [-0.4, -0.2) is 19.5 Å². The van der Waals surface area contributed by atoms with Crippen LogP contribution in [0.2, 0.25) is 0 Å². The standard InChI is InChI=1S/C39H26N4/c1-4-12-27(13-5-1)29-20-22-31(23-21-29)38-40-37(30-16-8-3-9-17-30)41-39(42-38)43-35-19-11-10-18-33(35)34-25-24-32(26-36(34)43)28-14-6-2-7-15-28/h1-26H/i2D,6D,7D,10D,11D,14D,15D,18D,19D. The van der Waals surface area contributed by atoms with E-state index < -0.39 is 30.2 Å². The number of nitrogens with zero attached hydrogens (tertiary/aromatic N) is 4. The Morgan fingerprint density at radius 1 is 0.419 bits per heavy atom. The zero-order valence-corrected chi connectivity index (χ0v) is 22.6. The van der Waals surface area contributed by atoms with Crippen molar-refractivity contribution in [2.45, 2.75) is 0 Å². The number of hydrogen-bond donors (Lipinski definition) is 0. The Labute approximate surface area is 262 Å². The number of fused-ring (bicyclic) bond motifs is 3. The number of hydrogen-bond acceptors (Lipinski definition) is 3. The number of rotatable bonds is 5. The van der Waals surface area contributed by atoms with Gasteiger partial charge >= 0.3 is 0 Å². The Morgan fingerprint density at radius 3 is 1.70 bits per heavy atom. The zero-order valence-electron chi connectivity index (χ0n) is 31.6. The first-order chi connectivity index (χ1) is 25.0. The van der Waals surface area contributed by atoms with Crippen LogP contribution in [0.25, 0.3) is 72.8 Å². The highest BCUT2D eigenvalue weighted by Gasteiger charge is 2.18. The van der Waals surface area contributed by atoms with Gasteiger partial charge in [-0.15, -0.1) is 0 Å². The molecule has 0 saturated carbocycles. The summed E-state index contributed by atoms with van der Waals surface area (Å²) in [5, 5.41) is 0.664. The Bertz CT molecular complexity index is 2690. The Hall–Kier alpha value is -5.87. The maximum atomic E-state index is 9.04. The highest BCUT2D eigenvalue weighted by atomic mass is 15.2. The summed E-state index contributed by atoms with van der Waals surface area (Å²) in [5.74, 6) is 0.714. The molecule has 202 valence electrons. The lowest BCUT2D eigenvalue weighted by molar-refractivity contribution is 0.953. The molecule has 0 bridgehead atoms. The van der Waals surface area contributed by atoms with Crippen LogP contribution in [-0.2, 0) is 0 Å². The van der Waals surface area contributed by atoms with E-state index in [0.29, 0.717) is 33.7 Å². The van der Waals surface area contributed by atoms with Gasteiger partial charge in [0.05, 0.1) is 23.4 Å². The van der Waals surface area contributed by atoms with Crippen molar-refractivity contribution < 1.29 is 12.3 Å². The molecule has 6 aromatic carbocycles. The summed E-state index contributed by atoms with van der Waals surface area (Å²) >= 11 is 0. The van der Waals surface area contributed by atoms with E-state index in [1.165, 1.54) is 4.57 Å². The average Bonchev–Trinajstić information content (AvgIpc) is 3.53. The summed E-state index contributed by atoms with van der Waals surface area (Å²) in [4.78, 5) is 14.6. The third-order valence-electron chi connectivity index (χ3n) is 7.29. The van der Waals surface area contributed by atoms with Gasteiger partial charge in [-0.3, -0.25) is 4.57 Å². The van der Waals surface area contributed by atoms with Crippen LogP contribution in [0.4, 0.5) is 0 Å². The second kappa shape index (κ2) is 10.5. The second-order valence-corrected chi connectivity index (χ2v) is 9.88. The second-order valence-electron chi connectivity index (χ2n) is 9.88. The number of aromatic nitrogens is 4. The van der Waals surface area contributed by atoms with E-state index in [2.05, 4.69) is 0 Å². The van der Waals surface area contributed by atoms with Crippen LogP contribution >= 0.6 is 0 Å². The fourth-order valence-corrected chi connectivity index (χ4v) is 5.23. The van der Waals surface area contributed by atoms with E-state index in [1.807, 2.05) is 84.9 Å². The Kier molecular flexibility index (Phi) is 4.20. The van der Waals surface area contributed by atoms with E-state index in [4.69, 9.17) is 27.3 Å². The molecule has 0 aliphatic carbocycles. The molecule has 43 heavy (non-hydrogen) atoms. The molecule has 0 fully saturated rings. The van der Waals surface area contributed by atoms with Gasteiger partial charge in [-0.2, -0.15) is 9.97 Å². The smallest absolute Gasteiger partial charge is 0.238 e. The molecule has 0 saturated heterocycles. The summed E-state index contributed by atoms with van der Waals surface area (Å²) in [7, 11) is 0. The molecule has 0 atom stereocenters.